The third-order valence-corrected chi connectivity index (χ3v) is 7.10. The molecule has 152 valence electrons. The molecule has 2 amide bonds. The van der Waals surface area contributed by atoms with Gasteiger partial charge in [-0.1, -0.05) is 18.2 Å². The fraction of sp³-hybridized carbons (Fsp3) is 0.545. The lowest BCUT2D eigenvalue weighted by atomic mass is 9.49. The molecular weight excluding hydrogens is 368 g/mol. The van der Waals surface area contributed by atoms with E-state index in [9.17, 15) is 14.4 Å². The van der Waals surface area contributed by atoms with Crippen molar-refractivity contribution in [3.63, 3.8) is 0 Å². The van der Waals surface area contributed by atoms with Crippen molar-refractivity contribution in [3.05, 3.63) is 40.8 Å². The van der Waals surface area contributed by atoms with Crippen LogP contribution < -0.4 is 16.4 Å². The number of nitrogens with zero attached hydrogens (tertiary/aromatic N) is 2. The number of carbonyl (C=O) groups excluding carboxylic acids is 2. The Kier molecular flexibility index (Phi) is 4.41. The van der Waals surface area contributed by atoms with Gasteiger partial charge in [0.05, 0.1) is 11.6 Å². The van der Waals surface area contributed by atoms with Crippen molar-refractivity contribution >= 4 is 22.6 Å². The van der Waals surface area contributed by atoms with Crippen LogP contribution in [0, 0.1) is 23.2 Å². The lowest BCUT2D eigenvalue weighted by Gasteiger charge is -2.56. The van der Waals surface area contributed by atoms with Crippen LogP contribution in [0.3, 0.4) is 0 Å². The highest BCUT2D eigenvalue weighted by molar-refractivity contribution is 5.83. The number of hydrazine groups is 1. The largest absolute Gasteiger partial charge is 0.275 e. The second-order valence-corrected chi connectivity index (χ2v) is 9.39. The highest BCUT2D eigenvalue weighted by Gasteiger charge is 2.51. The summed E-state index contributed by atoms with van der Waals surface area (Å²) in [5, 5.41) is 5.30. The van der Waals surface area contributed by atoms with Crippen molar-refractivity contribution < 1.29 is 9.59 Å². The lowest BCUT2D eigenvalue weighted by molar-refractivity contribution is -0.134. The highest BCUT2D eigenvalue weighted by atomic mass is 16.2. The molecule has 4 fully saturated rings. The normalized spacial score (nSPS) is 29.7. The van der Waals surface area contributed by atoms with Gasteiger partial charge < -0.3 is 0 Å². The molecule has 0 atom stereocenters. The van der Waals surface area contributed by atoms with Crippen molar-refractivity contribution in [1.29, 1.82) is 0 Å². The zero-order valence-corrected chi connectivity index (χ0v) is 16.4. The molecule has 1 heterocycles. The van der Waals surface area contributed by atoms with E-state index in [1.807, 2.05) is 6.07 Å². The highest BCUT2D eigenvalue weighted by Crippen LogP contribution is 2.61. The van der Waals surface area contributed by atoms with Crippen molar-refractivity contribution in [2.75, 3.05) is 0 Å². The standard InChI is InChI=1S/C22H26N4O3/c27-19(11-22-8-14-5-15(9-22)7-16(6-14)10-22)24-25-20(28)13-26-21(29)18-4-2-1-3-17(18)12-23-26/h1-4,12,14-16H,5-11,13H2,(H,24,27)(H,25,28). The first kappa shape index (κ1) is 18.3. The number of carbonyl (C=O) groups is 2. The van der Waals surface area contributed by atoms with Gasteiger partial charge in [-0.2, -0.15) is 5.10 Å². The summed E-state index contributed by atoms with van der Waals surface area (Å²) in [6, 6.07) is 7.12. The first-order chi connectivity index (χ1) is 14.0. The number of aromatic nitrogens is 2. The van der Waals surface area contributed by atoms with E-state index in [-0.39, 0.29) is 23.4 Å². The summed E-state index contributed by atoms with van der Waals surface area (Å²) in [7, 11) is 0. The quantitative estimate of drug-likeness (QED) is 0.777. The molecule has 0 unspecified atom stereocenters. The van der Waals surface area contributed by atoms with Gasteiger partial charge in [0.2, 0.25) is 5.91 Å². The third-order valence-electron chi connectivity index (χ3n) is 7.10. The van der Waals surface area contributed by atoms with Crippen LogP contribution in [0.2, 0.25) is 0 Å². The minimum atomic E-state index is -0.464. The average molecular weight is 394 g/mol. The van der Waals surface area contributed by atoms with E-state index >= 15 is 0 Å². The maximum absolute atomic E-state index is 12.5. The Morgan fingerprint density at radius 2 is 1.62 bits per heavy atom. The minimum absolute atomic E-state index is 0.125. The molecule has 4 saturated carbocycles. The van der Waals surface area contributed by atoms with E-state index < -0.39 is 5.91 Å². The molecule has 1 aromatic carbocycles. The number of hydrogen-bond donors (Lipinski definition) is 2. The van der Waals surface area contributed by atoms with Crippen LogP contribution in [-0.4, -0.2) is 21.6 Å². The van der Waals surface area contributed by atoms with Crippen LogP contribution >= 0.6 is 0 Å². The van der Waals surface area contributed by atoms with Crippen LogP contribution in [0.25, 0.3) is 10.8 Å². The van der Waals surface area contributed by atoms with Gasteiger partial charge in [0.1, 0.15) is 6.54 Å². The number of hydrogen-bond acceptors (Lipinski definition) is 4. The Balaban J connectivity index is 1.18. The molecular formula is C22H26N4O3. The van der Waals surface area contributed by atoms with E-state index in [4.69, 9.17) is 0 Å². The van der Waals surface area contributed by atoms with Gasteiger partial charge in [-0.15, -0.1) is 0 Å². The summed E-state index contributed by atoms with van der Waals surface area (Å²) in [6.45, 7) is -0.235. The van der Waals surface area contributed by atoms with Crippen molar-refractivity contribution in [3.8, 4) is 0 Å². The van der Waals surface area contributed by atoms with E-state index in [1.165, 1.54) is 19.3 Å². The Labute approximate surface area is 168 Å². The smallest absolute Gasteiger partial charge is 0.273 e. The molecule has 2 aromatic rings. The molecule has 4 aliphatic rings. The maximum Gasteiger partial charge on any atom is 0.275 e. The average Bonchev–Trinajstić information content (AvgIpc) is 2.67. The molecule has 0 spiro atoms. The first-order valence-corrected chi connectivity index (χ1v) is 10.5. The summed E-state index contributed by atoms with van der Waals surface area (Å²) < 4.78 is 1.11. The minimum Gasteiger partial charge on any atom is -0.273 e. The second-order valence-electron chi connectivity index (χ2n) is 9.39. The van der Waals surface area contributed by atoms with Crippen LogP contribution in [0.1, 0.15) is 44.9 Å². The van der Waals surface area contributed by atoms with E-state index in [1.54, 1.807) is 24.4 Å². The third kappa shape index (κ3) is 3.54. The van der Waals surface area contributed by atoms with E-state index in [0.29, 0.717) is 11.8 Å². The zero-order valence-electron chi connectivity index (χ0n) is 16.4. The number of nitrogens with one attached hydrogen (secondary N) is 2. The van der Waals surface area contributed by atoms with Gasteiger partial charge in [-0.25, -0.2) is 4.68 Å². The molecule has 6 rings (SSSR count). The molecule has 0 saturated heterocycles. The number of benzene rings is 1. The molecule has 4 aliphatic carbocycles. The van der Waals surface area contributed by atoms with Gasteiger partial charge >= 0.3 is 0 Å². The van der Waals surface area contributed by atoms with Gasteiger partial charge in [-0.3, -0.25) is 25.2 Å². The van der Waals surface area contributed by atoms with Gasteiger partial charge in [0, 0.05) is 11.8 Å². The van der Waals surface area contributed by atoms with Crippen molar-refractivity contribution in [2.24, 2.45) is 23.2 Å². The van der Waals surface area contributed by atoms with Crippen LogP contribution in [0.4, 0.5) is 0 Å². The van der Waals surface area contributed by atoms with E-state index in [0.717, 1.165) is 47.1 Å². The monoisotopic (exact) mass is 394 g/mol. The zero-order chi connectivity index (χ0) is 20.0. The second kappa shape index (κ2) is 6.97. The fourth-order valence-electron chi connectivity index (χ4n) is 6.45. The topological polar surface area (TPSA) is 93.1 Å². The molecule has 29 heavy (non-hydrogen) atoms. The summed E-state index contributed by atoms with van der Waals surface area (Å²) in [5.74, 6) is 1.76. The summed E-state index contributed by atoms with van der Waals surface area (Å²) >= 11 is 0. The predicted octanol–water partition coefficient (Wildman–Crippen LogP) is 2.15. The Hall–Kier alpha value is -2.70. The number of rotatable bonds is 4. The van der Waals surface area contributed by atoms with Crippen molar-refractivity contribution in [2.45, 2.75) is 51.5 Å². The van der Waals surface area contributed by atoms with Crippen LogP contribution in [0.5, 0.6) is 0 Å². The summed E-state index contributed by atoms with van der Waals surface area (Å²) in [4.78, 5) is 37.2. The van der Waals surface area contributed by atoms with Crippen LogP contribution in [-0.2, 0) is 16.1 Å². The maximum atomic E-state index is 12.5. The molecule has 7 nitrogen and oxygen atoms in total. The molecule has 0 aliphatic heterocycles. The molecule has 7 heteroatoms. The Morgan fingerprint density at radius 3 is 2.31 bits per heavy atom. The van der Waals surface area contributed by atoms with Gasteiger partial charge in [0.15, 0.2) is 0 Å². The van der Waals surface area contributed by atoms with E-state index in [2.05, 4.69) is 16.0 Å². The summed E-state index contributed by atoms with van der Waals surface area (Å²) in [6.07, 6.45) is 9.51. The van der Waals surface area contributed by atoms with Crippen molar-refractivity contribution in [1.82, 2.24) is 20.6 Å². The molecule has 2 N–H and O–H groups in total. The van der Waals surface area contributed by atoms with Gasteiger partial charge in [0.25, 0.3) is 11.5 Å². The molecule has 1 aromatic heterocycles. The van der Waals surface area contributed by atoms with Gasteiger partial charge in [-0.05, 0) is 67.8 Å². The van der Waals surface area contributed by atoms with Crippen LogP contribution in [0.15, 0.2) is 35.3 Å². The Bertz CT molecular complexity index is 993. The number of fused-ring (bicyclic) bond motifs is 1. The SMILES string of the molecule is O=C(Cn1ncc2ccccc2c1=O)NNC(=O)CC12CC3CC(CC(C3)C1)C2. The summed E-state index contributed by atoms with van der Waals surface area (Å²) in [5.41, 5.74) is 4.81. The lowest BCUT2D eigenvalue weighted by Crippen LogP contribution is -2.50. The molecule has 4 bridgehead atoms. The fourth-order valence-corrected chi connectivity index (χ4v) is 6.45. The Morgan fingerprint density at radius 1 is 1.00 bits per heavy atom. The molecule has 0 radical (unpaired) electrons. The predicted molar refractivity (Wildman–Crippen MR) is 108 cm³/mol. The number of amides is 2. The first-order valence-electron chi connectivity index (χ1n) is 10.5.